The molecule has 0 heterocycles. The van der Waals surface area contributed by atoms with Crippen LogP contribution in [-0.4, -0.2) is 18.3 Å². The Morgan fingerprint density at radius 1 is 0.828 bits per heavy atom. The van der Waals surface area contributed by atoms with Gasteiger partial charge < -0.3 is 10.5 Å². The average molecular weight is 431 g/mol. The van der Waals surface area contributed by atoms with Crippen molar-refractivity contribution in [3.63, 3.8) is 0 Å². The predicted octanol–water partition coefficient (Wildman–Crippen LogP) is 5.72. The second kappa shape index (κ2) is 7.48. The summed E-state index contributed by atoms with van der Waals surface area (Å²) in [6.45, 7) is 0. The Hall–Kier alpha value is -2.92. The Morgan fingerprint density at radius 3 is 1.79 bits per heavy atom. The van der Waals surface area contributed by atoms with Crippen molar-refractivity contribution in [1.29, 1.82) is 0 Å². The molecular formula is C17H10F9NO2. The van der Waals surface area contributed by atoms with Gasteiger partial charge in [0.15, 0.2) is 5.92 Å². The van der Waals surface area contributed by atoms with Crippen molar-refractivity contribution in [3.8, 4) is 5.75 Å². The van der Waals surface area contributed by atoms with Gasteiger partial charge in [-0.3, -0.25) is 0 Å². The highest BCUT2D eigenvalue weighted by atomic mass is 19.4. The van der Waals surface area contributed by atoms with E-state index in [0.717, 1.165) is 12.1 Å². The van der Waals surface area contributed by atoms with Crippen LogP contribution in [0.4, 0.5) is 45.2 Å². The summed E-state index contributed by atoms with van der Waals surface area (Å²) in [5.41, 5.74) is 1.52. The van der Waals surface area contributed by atoms with Gasteiger partial charge in [0.2, 0.25) is 0 Å². The lowest BCUT2D eigenvalue weighted by Crippen LogP contribution is -2.34. The third-order valence-corrected chi connectivity index (χ3v) is 3.67. The molecule has 0 amide bonds. The van der Waals surface area contributed by atoms with Crippen LogP contribution < -0.4 is 10.5 Å². The molecule has 0 unspecified atom stereocenters. The summed E-state index contributed by atoms with van der Waals surface area (Å²) in [6.07, 6.45) is -16.1. The molecule has 0 aliphatic rings. The predicted molar refractivity (Wildman–Crippen MR) is 82.1 cm³/mol. The smallest absolute Gasteiger partial charge is 0.418 e. The molecule has 2 rings (SSSR count). The van der Waals surface area contributed by atoms with E-state index in [1.54, 1.807) is 0 Å². The maximum Gasteiger partial charge on any atom is 0.418 e. The summed E-state index contributed by atoms with van der Waals surface area (Å²) in [6, 6.07) is 4.38. The molecule has 0 saturated heterocycles. The molecule has 0 radical (unpaired) electrons. The molecule has 0 saturated carbocycles. The van der Waals surface area contributed by atoms with Crippen molar-refractivity contribution in [1.82, 2.24) is 0 Å². The minimum absolute atomic E-state index is 0.412. The van der Waals surface area contributed by atoms with Crippen molar-refractivity contribution in [3.05, 3.63) is 59.2 Å². The van der Waals surface area contributed by atoms with Crippen LogP contribution in [0.3, 0.4) is 0 Å². The van der Waals surface area contributed by atoms with Crippen LogP contribution in [0, 0.1) is 0 Å². The summed E-state index contributed by atoms with van der Waals surface area (Å²) in [5.74, 6) is -5.52. The normalized spacial score (nSPS) is 12.9. The van der Waals surface area contributed by atoms with Crippen molar-refractivity contribution in [2.24, 2.45) is 0 Å². The summed E-state index contributed by atoms with van der Waals surface area (Å²) in [5, 5.41) is 0. The van der Waals surface area contributed by atoms with Gasteiger partial charge in [0.1, 0.15) is 5.75 Å². The summed E-state index contributed by atoms with van der Waals surface area (Å²) < 4.78 is 119. The van der Waals surface area contributed by atoms with Crippen LogP contribution in [0.2, 0.25) is 0 Å². The quantitative estimate of drug-likeness (QED) is 0.293. The molecule has 0 aliphatic carbocycles. The van der Waals surface area contributed by atoms with Gasteiger partial charge in [-0.05, 0) is 35.9 Å². The number of rotatable bonds is 3. The number of nitrogen functional groups attached to an aromatic ring is 1. The standard InChI is InChI=1S/C17H10F9NO2/c18-15(19,20)11-7-9(3-6-12(11)27)14(28)29-10-4-1-8(2-5-10)13(16(21,22)23)17(24,25)26/h1-7,13H,27H2. The Kier molecular flexibility index (Phi) is 5.77. The van der Waals surface area contributed by atoms with E-state index in [9.17, 15) is 44.3 Å². The van der Waals surface area contributed by atoms with Gasteiger partial charge in [0.05, 0.1) is 11.1 Å². The summed E-state index contributed by atoms with van der Waals surface area (Å²) >= 11 is 0. The topological polar surface area (TPSA) is 52.3 Å². The van der Waals surface area contributed by atoms with Crippen LogP contribution in [0.15, 0.2) is 42.5 Å². The fourth-order valence-electron chi connectivity index (χ4n) is 2.39. The lowest BCUT2D eigenvalue weighted by molar-refractivity contribution is -0.253. The largest absolute Gasteiger partial charge is 0.423 e. The van der Waals surface area contributed by atoms with E-state index >= 15 is 0 Å². The molecule has 0 aliphatic heterocycles. The Bertz CT molecular complexity index is 870. The molecule has 0 bridgehead atoms. The molecular weight excluding hydrogens is 421 g/mol. The third-order valence-electron chi connectivity index (χ3n) is 3.67. The molecule has 12 heteroatoms. The first-order valence-corrected chi connectivity index (χ1v) is 7.53. The van der Waals surface area contributed by atoms with Gasteiger partial charge >= 0.3 is 24.5 Å². The first kappa shape index (κ1) is 22.4. The minimum atomic E-state index is -5.60. The molecule has 3 nitrogen and oxygen atoms in total. The minimum Gasteiger partial charge on any atom is -0.423 e. The second-order valence-corrected chi connectivity index (χ2v) is 5.77. The number of benzene rings is 2. The van der Waals surface area contributed by atoms with E-state index in [2.05, 4.69) is 0 Å². The van der Waals surface area contributed by atoms with Gasteiger partial charge in [-0.15, -0.1) is 0 Å². The summed E-state index contributed by atoms with van der Waals surface area (Å²) in [7, 11) is 0. The first-order valence-electron chi connectivity index (χ1n) is 7.53. The maximum absolute atomic E-state index is 12.8. The number of carbonyl (C=O) groups excluding carboxylic acids is 1. The highest BCUT2D eigenvalue weighted by Crippen LogP contribution is 2.46. The Labute approximate surface area is 156 Å². The third kappa shape index (κ3) is 5.33. The number of hydrogen-bond acceptors (Lipinski definition) is 3. The van der Waals surface area contributed by atoms with Gasteiger partial charge in [0, 0.05) is 5.69 Å². The highest BCUT2D eigenvalue weighted by molar-refractivity contribution is 5.91. The van der Waals surface area contributed by atoms with Crippen LogP contribution in [0.1, 0.15) is 27.4 Å². The molecule has 158 valence electrons. The molecule has 0 fully saturated rings. The second-order valence-electron chi connectivity index (χ2n) is 5.77. The number of carbonyl (C=O) groups is 1. The highest BCUT2D eigenvalue weighted by Gasteiger charge is 2.57. The monoisotopic (exact) mass is 431 g/mol. The zero-order chi connectivity index (χ0) is 22.2. The van der Waals surface area contributed by atoms with Crippen LogP contribution >= 0.6 is 0 Å². The molecule has 2 aromatic rings. The van der Waals surface area contributed by atoms with Crippen molar-refractivity contribution >= 4 is 11.7 Å². The van der Waals surface area contributed by atoms with Crippen LogP contribution in [0.25, 0.3) is 0 Å². The number of esters is 1. The van der Waals surface area contributed by atoms with E-state index < -0.39 is 58.5 Å². The molecule has 2 aromatic carbocycles. The van der Waals surface area contributed by atoms with E-state index in [1.165, 1.54) is 0 Å². The van der Waals surface area contributed by atoms with Crippen LogP contribution in [-0.2, 0) is 6.18 Å². The van der Waals surface area contributed by atoms with Gasteiger partial charge in [-0.25, -0.2) is 4.79 Å². The van der Waals surface area contributed by atoms with E-state index in [-0.39, 0.29) is 0 Å². The summed E-state index contributed by atoms with van der Waals surface area (Å²) in [4.78, 5) is 12.0. The number of anilines is 1. The molecule has 0 atom stereocenters. The number of halogens is 9. The van der Waals surface area contributed by atoms with Crippen molar-refractivity contribution < 1.29 is 49.0 Å². The fourth-order valence-corrected chi connectivity index (χ4v) is 2.39. The van der Waals surface area contributed by atoms with E-state index in [4.69, 9.17) is 10.5 Å². The van der Waals surface area contributed by atoms with E-state index in [1.807, 2.05) is 0 Å². The van der Waals surface area contributed by atoms with Crippen LogP contribution in [0.5, 0.6) is 5.75 Å². The maximum atomic E-state index is 12.8. The van der Waals surface area contributed by atoms with Crippen molar-refractivity contribution in [2.75, 3.05) is 5.73 Å². The molecule has 0 spiro atoms. The molecule has 29 heavy (non-hydrogen) atoms. The SMILES string of the molecule is Nc1ccc(C(=O)Oc2ccc(C(C(F)(F)F)C(F)(F)F)cc2)cc1C(F)(F)F. The molecule has 0 aromatic heterocycles. The Balaban J connectivity index is 2.25. The van der Waals surface area contributed by atoms with Gasteiger partial charge in [0.25, 0.3) is 0 Å². The van der Waals surface area contributed by atoms with E-state index in [0.29, 0.717) is 30.3 Å². The van der Waals surface area contributed by atoms with Gasteiger partial charge in [-0.1, -0.05) is 12.1 Å². The average Bonchev–Trinajstić information content (AvgIpc) is 2.53. The number of hydrogen-bond donors (Lipinski definition) is 1. The van der Waals surface area contributed by atoms with Crippen molar-refractivity contribution in [2.45, 2.75) is 24.4 Å². The zero-order valence-corrected chi connectivity index (χ0v) is 13.9. The Morgan fingerprint density at radius 2 is 1.34 bits per heavy atom. The van der Waals surface area contributed by atoms with Gasteiger partial charge in [-0.2, -0.15) is 39.5 Å². The zero-order valence-electron chi connectivity index (χ0n) is 13.9. The fraction of sp³-hybridized carbons (Fsp3) is 0.235. The lowest BCUT2D eigenvalue weighted by Gasteiger charge is -2.23. The first-order chi connectivity index (χ1) is 13.1. The molecule has 2 N–H and O–H groups in total. The number of alkyl halides is 9. The number of nitrogens with two attached hydrogens (primary N) is 1. The lowest BCUT2D eigenvalue weighted by atomic mass is 9.98. The number of ether oxygens (including phenoxy) is 1.